The minimum absolute atomic E-state index is 0.302. The van der Waals surface area contributed by atoms with Crippen molar-refractivity contribution in [3.8, 4) is 0 Å². The van der Waals surface area contributed by atoms with E-state index in [0.29, 0.717) is 25.7 Å². The summed E-state index contributed by atoms with van der Waals surface area (Å²) in [5.74, 6) is 0. The zero-order valence-corrected chi connectivity index (χ0v) is 10.3. The van der Waals surface area contributed by atoms with E-state index in [1.165, 1.54) is 0 Å². The second kappa shape index (κ2) is 5.53. The molecule has 1 saturated carbocycles. The van der Waals surface area contributed by atoms with Gasteiger partial charge >= 0.3 is 6.18 Å². The van der Waals surface area contributed by atoms with Crippen molar-refractivity contribution in [1.82, 2.24) is 5.48 Å². The summed E-state index contributed by atoms with van der Waals surface area (Å²) < 4.78 is 58.1. The third-order valence-corrected chi connectivity index (χ3v) is 4.36. The van der Waals surface area contributed by atoms with Crippen molar-refractivity contribution in [2.24, 2.45) is 0 Å². The Kier molecular flexibility index (Phi) is 4.79. The van der Waals surface area contributed by atoms with Gasteiger partial charge in [0.25, 0.3) is 0 Å². The third-order valence-electron chi connectivity index (χ3n) is 2.72. The molecule has 8 heteroatoms. The molecular formula is C9H16F3NO3S. The SMILES string of the molecule is CS(=O)(=O)C1CCCC(NOCC(F)(F)F)C1. The monoisotopic (exact) mass is 275 g/mol. The standard InChI is InChI=1S/C9H16F3NO3S/c1-17(14,15)8-4-2-3-7(5-8)13-16-6-9(10,11)12/h7-8,13H,2-6H2,1H3. The van der Waals surface area contributed by atoms with Crippen LogP contribution < -0.4 is 5.48 Å². The maximum absolute atomic E-state index is 11.8. The third kappa shape index (κ3) is 5.69. The first kappa shape index (κ1) is 14.7. The Bertz CT molecular complexity index is 342. The van der Waals surface area contributed by atoms with Crippen molar-refractivity contribution in [3.05, 3.63) is 0 Å². The predicted molar refractivity (Wildman–Crippen MR) is 56.0 cm³/mol. The molecule has 1 rings (SSSR count). The Labute approximate surface area is 98.4 Å². The predicted octanol–water partition coefficient (Wildman–Crippen LogP) is 1.43. The topological polar surface area (TPSA) is 55.4 Å². The molecule has 0 radical (unpaired) electrons. The summed E-state index contributed by atoms with van der Waals surface area (Å²) in [7, 11) is -3.13. The highest BCUT2D eigenvalue weighted by molar-refractivity contribution is 7.91. The van der Waals surface area contributed by atoms with Gasteiger partial charge in [-0.05, 0) is 19.3 Å². The maximum Gasteiger partial charge on any atom is 0.413 e. The summed E-state index contributed by atoms with van der Waals surface area (Å²) >= 11 is 0. The van der Waals surface area contributed by atoms with Crippen molar-refractivity contribution in [1.29, 1.82) is 0 Å². The van der Waals surface area contributed by atoms with Gasteiger partial charge in [-0.1, -0.05) is 6.42 Å². The number of hydroxylamine groups is 1. The Hall–Kier alpha value is -0.340. The van der Waals surface area contributed by atoms with Crippen LogP contribution in [-0.2, 0) is 14.7 Å². The first-order chi connectivity index (χ1) is 7.68. The lowest BCUT2D eigenvalue weighted by Crippen LogP contribution is -2.40. The van der Waals surface area contributed by atoms with E-state index in [0.717, 1.165) is 6.26 Å². The highest BCUT2D eigenvalue weighted by Crippen LogP contribution is 2.24. The largest absolute Gasteiger partial charge is 0.413 e. The molecule has 0 aromatic heterocycles. The quantitative estimate of drug-likeness (QED) is 0.789. The van der Waals surface area contributed by atoms with Crippen LogP contribution in [0.2, 0.25) is 0 Å². The molecule has 2 atom stereocenters. The van der Waals surface area contributed by atoms with E-state index in [9.17, 15) is 21.6 Å². The van der Waals surface area contributed by atoms with Crippen LogP contribution in [0.4, 0.5) is 13.2 Å². The highest BCUT2D eigenvalue weighted by atomic mass is 32.2. The van der Waals surface area contributed by atoms with E-state index in [1.54, 1.807) is 0 Å². The number of nitrogens with one attached hydrogen (secondary N) is 1. The minimum Gasteiger partial charge on any atom is -0.292 e. The summed E-state index contributed by atoms with van der Waals surface area (Å²) in [5, 5.41) is -0.483. The van der Waals surface area contributed by atoms with Crippen molar-refractivity contribution in [2.75, 3.05) is 12.9 Å². The van der Waals surface area contributed by atoms with Crippen molar-refractivity contribution >= 4 is 9.84 Å². The lowest BCUT2D eigenvalue weighted by atomic mass is 9.96. The van der Waals surface area contributed by atoms with E-state index in [2.05, 4.69) is 10.3 Å². The molecule has 0 spiro atoms. The van der Waals surface area contributed by atoms with E-state index in [-0.39, 0.29) is 6.04 Å². The fourth-order valence-corrected chi connectivity index (χ4v) is 3.06. The van der Waals surface area contributed by atoms with E-state index >= 15 is 0 Å². The molecule has 0 aromatic rings. The molecule has 1 aliphatic carbocycles. The Balaban J connectivity index is 2.36. The fourth-order valence-electron chi connectivity index (χ4n) is 1.88. The van der Waals surface area contributed by atoms with E-state index in [1.807, 2.05) is 0 Å². The number of hydrogen-bond donors (Lipinski definition) is 1. The van der Waals surface area contributed by atoms with Crippen molar-refractivity contribution < 1.29 is 26.4 Å². The lowest BCUT2D eigenvalue weighted by Gasteiger charge is -2.28. The van der Waals surface area contributed by atoms with Gasteiger partial charge in [0.05, 0.1) is 5.25 Å². The zero-order chi connectivity index (χ0) is 13.1. The summed E-state index contributed by atoms with van der Waals surface area (Å²) in [6.45, 7) is -1.37. The van der Waals surface area contributed by atoms with Gasteiger partial charge in [-0.2, -0.15) is 18.7 Å². The van der Waals surface area contributed by atoms with Gasteiger partial charge in [0.15, 0.2) is 6.61 Å². The minimum atomic E-state index is -4.38. The molecule has 1 fully saturated rings. The molecule has 0 bridgehead atoms. The van der Waals surface area contributed by atoms with Crippen LogP contribution in [0.5, 0.6) is 0 Å². The summed E-state index contributed by atoms with van der Waals surface area (Å²) in [5.41, 5.74) is 2.30. The Morgan fingerprint density at radius 2 is 2.00 bits per heavy atom. The van der Waals surface area contributed by atoms with Gasteiger partial charge in [0.2, 0.25) is 0 Å². The Morgan fingerprint density at radius 3 is 2.53 bits per heavy atom. The van der Waals surface area contributed by atoms with E-state index in [4.69, 9.17) is 0 Å². The second-order valence-electron chi connectivity index (χ2n) is 4.34. The summed E-state index contributed by atoms with van der Waals surface area (Å²) in [6.07, 6.45) is -1.06. The maximum atomic E-state index is 11.8. The molecule has 0 heterocycles. The number of sulfone groups is 1. The van der Waals surface area contributed by atoms with E-state index < -0.39 is 27.9 Å². The van der Waals surface area contributed by atoms with Gasteiger partial charge in [0, 0.05) is 12.3 Å². The molecular weight excluding hydrogens is 259 g/mol. The van der Waals surface area contributed by atoms with Gasteiger partial charge in [-0.15, -0.1) is 0 Å². The highest BCUT2D eigenvalue weighted by Gasteiger charge is 2.31. The molecule has 0 aromatic carbocycles. The van der Waals surface area contributed by atoms with Gasteiger partial charge in [0.1, 0.15) is 9.84 Å². The smallest absolute Gasteiger partial charge is 0.292 e. The molecule has 17 heavy (non-hydrogen) atoms. The average molecular weight is 275 g/mol. The molecule has 4 nitrogen and oxygen atoms in total. The van der Waals surface area contributed by atoms with Crippen LogP contribution in [0.25, 0.3) is 0 Å². The molecule has 1 N–H and O–H groups in total. The fraction of sp³-hybridized carbons (Fsp3) is 1.00. The number of rotatable bonds is 4. The molecule has 0 amide bonds. The molecule has 102 valence electrons. The van der Waals surface area contributed by atoms with Crippen molar-refractivity contribution in [2.45, 2.75) is 43.2 Å². The van der Waals surface area contributed by atoms with Crippen molar-refractivity contribution in [3.63, 3.8) is 0 Å². The Morgan fingerprint density at radius 1 is 1.35 bits per heavy atom. The number of alkyl halides is 3. The zero-order valence-electron chi connectivity index (χ0n) is 9.46. The molecule has 0 aliphatic heterocycles. The van der Waals surface area contributed by atoms with Crippen LogP contribution in [-0.4, -0.2) is 38.7 Å². The first-order valence-electron chi connectivity index (χ1n) is 5.31. The van der Waals surface area contributed by atoms with Crippen LogP contribution >= 0.6 is 0 Å². The van der Waals surface area contributed by atoms with Gasteiger partial charge in [-0.3, -0.25) is 4.84 Å². The molecule has 0 saturated heterocycles. The number of halogens is 3. The van der Waals surface area contributed by atoms with Gasteiger partial charge in [-0.25, -0.2) is 8.42 Å². The summed E-state index contributed by atoms with van der Waals surface area (Å²) in [6, 6.07) is -0.328. The van der Waals surface area contributed by atoms with Gasteiger partial charge < -0.3 is 0 Å². The van der Waals surface area contributed by atoms with Crippen LogP contribution in [0.3, 0.4) is 0 Å². The first-order valence-corrected chi connectivity index (χ1v) is 7.27. The normalized spacial score (nSPS) is 27.1. The second-order valence-corrected chi connectivity index (χ2v) is 6.66. The van der Waals surface area contributed by atoms with Crippen LogP contribution in [0.1, 0.15) is 25.7 Å². The number of hydrogen-bond acceptors (Lipinski definition) is 4. The molecule has 1 aliphatic rings. The van der Waals surface area contributed by atoms with Crippen LogP contribution in [0, 0.1) is 0 Å². The summed E-state index contributed by atoms with van der Waals surface area (Å²) in [4.78, 5) is 4.33. The van der Waals surface area contributed by atoms with Crippen LogP contribution in [0.15, 0.2) is 0 Å². The average Bonchev–Trinajstić information content (AvgIpc) is 2.15. The molecule has 2 unspecified atom stereocenters. The lowest BCUT2D eigenvalue weighted by molar-refractivity contribution is -0.193.